The molecule has 0 spiro atoms. The molecule has 0 aliphatic rings. The monoisotopic (exact) mass is 285 g/mol. The highest BCUT2D eigenvalue weighted by Gasteiger charge is 2.14. The maximum Gasteiger partial charge on any atom is 0.337 e. The molecule has 2 aromatic rings. The van der Waals surface area contributed by atoms with Gasteiger partial charge in [0.25, 0.3) is 5.91 Å². The lowest BCUT2D eigenvalue weighted by molar-refractivity contribution is 0.0698. The molecule has 0 fully saturated rings. The van der Waals surface area contributed by atoms with Crippen molar-refractivity contribution in [2.45, 2.75) is 13.5 Å². The number of amides is 1. The topological polar surface area (TPSA) is 105 Å². The van der Waals surface area contributed by atoms with Crippen LogP contribution in [0, 0.1) is 6.92 Å². The Morgan fingerprint density at radius 3 is 2.71 bits per heavy atom. The average molecular weight is 285 g/mol. The summed E-state index contributed by atoms with van der Waals surface area (Å²) in [4.78, 5) is 27.4. The standard InChI is InChI=1S/C15H15N3O3/c1-9-2-3-13(12(6-9)15(20)21)18-14(19)10-4-5-17-11(7-10)8-16/h2-7H,8,16H2,1H3,(H,18,19)(H,20,21). The van der Waals surface area contributed by atoms with E-state index in [1.807, 2.05) is 0 Å². The molecule has 0 saturated carbocycles. The SMILES string of the molecule is Cc1ccc(NC(=O)c2ccnc(CN)c2)c(C(=O)O)c1. The zero-order valence-electron chi connectivity index (χ0n) is 11.5. The van der Waals surface area contributed by atoms with Crippen molar-refractivity contribution in [3.8, 4) is 0 Å². The van der Waals surface area contributed by atoms with Crippen LogP contribution in [0.25, 0.3) is 0 Å². The van der Waals surface area contributed by atoms with Crippen molar-refractivity contribution < 1.29 is 14.7 Å². The zero-order chi connectivity index (χ0) is 15.4. The van der Waals surface area contributed by atoms with Crippen LogP contribution in [0.1, 0.15) is 32.0 Å². The van der Waals surface area contributed by atoms with E-state index >= 15 is 0 Å². The van der Waals surface area contributed by atoms with E-state index < -0.39 is 11.9 Å². The number of carboxylic acid groups (broad SMARTS) is 1. The van der Waals surface area contributed by atoms with E-state index in [-0.39, 0.29) is 17.8 Å². The summed E-state index contributed by atoms with van der Waals surface area (Å²) in [5.41, 5.74) is 7.56. The summed E-state index contributed by atoms with van der Waals surface area (Å²) >= 11 is 0. The number of carbonyl (C=O) groups is 2. The minimum absolute atomic E-state index is 0.0523. The Labute approximate surface area is 121 Å². The normalized spacial score (nSPS) is 10.2. The molecule has 6 nitrogen and oxygen atoms in total. The molecular weight excluding hydrogens is 270 g/mol. The molecular formula is C15H15N3O3. The predicted octanol–water partition coefficient (Wildman–Crippen LogP) is 1.80. The van der Waals surface area contributed by atoms with Crippen LogP contribution in [-0.2, 0) is 6.54 Å². The van der Waals surface area contributed by atoms with E-state index in [1.54, 1.807) is 31.2 Å². The first-order chi connectivity index (χ1) is 10.0. The Kier molecular flexibility index (Phi) is 4.30. The minimum atomic E-state index is -1.09. The first-order valence-corrected chi connectivity index (χ1v) is 6.31. The fraction of sp³-hybridized carbons (Fsp3) is 0.133. The molecule has 0 aliphatic heterocycles. The van der Waals surface area contributed by atoms with Gasteiger partial charge in [-0.25, -0.2) is 4.79 Å². The third-order valence-corrected chi connectivity index (χ3v) is 2.94. The fourth-order valence-corrected chi connectivity index (χ4v) is 1.87. The van der Waals surface area contributed by atoms with Gasteiger partial charge in [-0.3, -0.25) is 9.78 Å². The number of anilines is 1. The maximum atomic E-state index is 12.2. The van der Waals surface area contributed by atoms with Crippen molar-refractivity contribution in [3.05, 3.63) is 58.9 Å². The number of benzene rings is 1. The molecule has 1 aromatic heterocycles. The zero-order valence-corrected chi connectivity index (χ0v) is 11.5. The van der Waals surface area contributed by atoms with Crippen LogP contribution in [0.15, 0.2) is 36.5 Å². The van der Waals surface area contributed by atoms with Gasteiger partial charge in [-0.2, -0.15) is 0 Å². The fourth-order valence-electron chi connectivity index (χ4n) is 1.87. The van der Waals surface area contributed by atoms with E-state index in [1.165, 1.54) is 12.3 Å². The number of aromatic nitrogens is 1. The Balaban J connectivity index is 2.29. The molecule has 1 aromatic carbocycles. The largest absolute Gasteiger partial charge is 0.478 e. The summed E-state index contributed by atoms with van der Waals surface area (Å²) in [6, 6.07) is 7.94. The Bertz CT molecular complexity index is 698. The summed E-state index contributed by atoms with van der Waals surface area (Å²) < 4.78 is 0. The van der Waals surface area contributed by atoms with Crippen LogP contribution < -0.4 is 11.1 Å². The second-order valence-corrected chi connectivity index (χ2v) is 4.55. The van der Waals surface area contributed by atoms with Crippen molar-refractivity contribution in [3.63, 3.8) is 0 Å². The average Bonchev–Trinajstić information content (AvgIpc) is 2.48. The molecule has 6 heteroatoms. The molecule has 0 unspecified atom stereocenters. The number of pyridine rings is 1. The number of hydrogen-bond acceptors (Lipinski definition) is 4. The van der Waals surface area contributed by atoms with Gasteiger partial charge in [0.05, 0.1) is 16.9 Å². The van der Waals surface area contributed by atoms with Gasteiger partial charge in [0.1, 0.15) is 0 Å². The molecule has 1 amide bonds. The van der Waals surface area contributed by atoms with Gasteiger partial charge >= 0.3 is 5.97 Å². The van der Waals surface area contributed by atoms with Crippen LogP contribution in [-0.4, -0.2) is 22.0 Å². The number of nitrogens with zero attached hydrogens (tertiary/aromatic N) is 1. The van der Waals surface area contributed by atoms with Gasteiger partial charge in [0.15, 0.2) is 0 Å². The molecule has 1 heterocycles. The number of rotatable bonds is 4. The summed E-state index contributed by atoms with van der Waals surface area (Å²) in [6.07, 6.45) is 1.49. The van der Waals surface area contributed by atoms with Crippen molar-refractivity contribution in [1.29, 1.82) is 0 Å². The number of nitrogens with two attached hydrogens (primary N) is 1. The minimum Gasteiger partial charge on any atom is -0.478 e. The molecule has 0 atom stereocenters. The van der Waals surface area contributed by atoms with Gasteiger partial charge in [-0.15, -0.1) is 0 Å². The number of carboxylic acids is 1. The molecule has 0 saturated heterocycles. The summed E-state index contributed by atoms with van der Waals surface area (Å²) in [5, 5.41) is 11.8. The van der Waals surface area contributed by atoms with Gasteiger partial charge in [0, 0.05) is 18.3 Å². The predicted molar refractivity (Wildman–Crippen MR) is 78.2 cm³/mol. The van der Waals surface area contributed by atoms with Gasteiger partial charge in [0.2, 0.25) is 0 Å². The van der Waals surface area contributed by atoms with Gasteiger partial charge in [-0.1, -0.05) is 11.6 Å². The second kappa shape index (κ2) is 6.15. The van der Waals surface area contributed by atoms with Gasteiger partial charge in [-0.05, 0) is 31.2 Å². The van der Waals surface area contributed by atoms with Crippen LogP contribution in [0.5, 0.6) is 0 Å². The highest BCUT2D eigenvalue weighted by molar-refractivity contribution is 6.07. The smallest absolute Gasteiger partial charge is 0.337 e. The maximum absolute atomic E-state index is 12.2. The lowest BCUT2D eigenvalue weighted by atomic mass is 10.1. The summed E-state index contributed by atoms with van der Waals surface area (Å²) in [5.74, 6) is -1.50. The Morgan fingerprint density at radius 2 is 2.05 bits per heavy atom. The van der Waals surface area contributed by atoms with Crippen molar-refractivity contribution >= 4 is 17.6 Å². The van der Waals surface area contributed by atoms with Crippen LogP contribution in [0.3, 0.4) is 0 Å². The number of hydrogen-bond donors (Lipinski definition) is 3. The second-order valence-electron chi connectivity index (χ2n) is 4.55. The molecule has 21 heavy (non-hydrogen) atoms. The molecule has 0 bridgehead atoms. The molecule has 2 rings (SSSR count). The molecule has 4 N–H and O–H groups in total. The number of aryl methyl sites for hydroxylation is 1. The van der Waals surface area contributed by atoms with Crippen molar-refractivity contribution in [2.75, 3.05) is 5.32 Å². The third kappa shape index (κ3) is 3.43. The Morgan fingerprint density at radius 1 is 1.29 bits per heavy atom. The quantitative estimate of drug-likeness (QED) is 0.794. The number of aromatic carboxylic acids is 1. The van der Waals surface area contributed by atoms with E-state index in [2.05, 4.69) is 10.3 Å². The van der Waals surface area contributed by atoms with Crippen LogP contribution >= 0.6 is 0 Å². The highest BCUT2D eigenvalue weighted by atomic mass is 16.4. The van der Waals surface area contributed by atoms with E-state index in [9.17, 15) is 14.7 Å². The number of nitrogens with one attached hydrogen (secondary N) is 1. The van der Waals surface area contributed by atoms with Crippen molar-refractivity contribution in [2.24, 2.45) is 5.73 Å². The van der Waals surface area contributed by atoms with E-state index in [0.29, 0.717) is 11.3 Å². The van der Waals surface area contributed by atoms with E-state index in [0.717, 1.165) is 5.56 Å². The van der Waals surface area contributed by atoms with Crippen molar-refractivity contribution in [1.82, 2.24) is 4.98 Å². The van der Waals surface area contributed by atoms with E-state index in [4.69, 9.17) is 5.73 Å². The summed E-state index contributed by atoms with van der Waals surface area (Å²) in [7, 11) is 0. The van der Waals surface area contributed by atoms with Crippen LogP contribution in [0.4, 0.5) is 5.69 Å². The van der Waals surface area contributed by atoms with Gasteiger partial charge < -0.3 is 16.2 Å². The highest BCUT2D eigenvalue weighted by Crippen LogP contribution is 2.18. The van der Waals surface area contributed by atoms with Crippen LogP contribution in [0.2, 0.25) is 0 Å². The molecule has 0 aliphatic carbocycles. The number of carbonyl (C=O) groups excluding carboxylic acids is 1. The lowest BCUT2D eigenvalue weighted by Gasteiger charge is -2.09. The Hall–Kier alpha value is -2.73. The molecule has 0 radical (unpaired) electrons. The summed E-state index contributed by atoms with van der Waals surface area (Å²) in [6.45, 7) is 2.01. The first kappa shape index (κ1) is 14.7. The molecule has 108 valence electrons. The third-order valence-electron chi connectivity index (χ3n) is 2.94. The first-order valence-electron chi connectivity index (χ1n) is 6.31. The lowest BCUT2D eigenvalue weighted by Crippen LogP contribution is -2.15.